The highest BCUT2D eigenvalue weighted by Crippen LogP contribution is 2.25. The van der Waals surface area contributed by atoms with E-state index in [-0.39, 0.29) is 11.9 Å². The molecule has 0 radical (unpaired) electrons. The van der Waals surface area contributed by atoms with E-state index in [9.17, 15) is 4.79 Å². The molecule has 1 aromatic heterocycles. The van der Waals surface area contributed by atoms with Crippen LogP contribution in [-0.4, -0.2) is 29.8 Å². The second-order valence-corrected chi connectivity index (χ2v) is 5.35. The molecule has 20 heavy (non-hydrogen) atoms. The highest BCUT2D eigenvalue weighted by Gasteiger charge is 2.14. The Kier molecular flexibility index (Phi) is 4.57. The fourth-order valence-electron chi connectivity index (χ4n) is 1.94. The van der Waals surface area contributed by atoms with E-state index >= 15 is 0 Å². The van der Waals surface area contributed by atoms with Gasteiger partial charge in [-0.3, -0.25) is 4.79 Å². The predicted molar refractivity (Wildman–Crippen MR) is 82.1 cm³/mol. The molecule has 0 aliphatic rings. The molecule has 1 amide bonds. The Morgan fingerprint density at radius 3 is 2.75 bits per heavy atom. The van der Waals surface area contributed by atoms with Gasteiger partial charge in [0.05, 0.1) is 5.69 Å². The molecule has 5 nitrogen and oxygen atoms in total. The number of rotatable bonds is 4. The van der Waals surface area contributed by atoms with Gasteiger partial charge in [0.1, 0.15) is 0 Å². The van der Waals surface area contributed by atoms with E-state index in [0.717, 1.165) is 15.7 Å². The molecule has 0 aliphatic heterocycles. The Morgan fingerprint density at radius 1 is 1.35 bits per heavy atom. The van der Waals surface area contributed by atoms with E-state index in [1.165, 1.54) is 0 Å². The number of halogens is 1. The third-order valence-corrected chi connectivity index (χ3v) is 3.68. The van der Waals surface area contributed by atoms with Crippen molar-refractivity contribution in [2.75, 3.05) is 14.1 Å². The molecule has 2 aromatic rings. The number of nitrogens with zero attached hydrogens (tertiary/aromatic N) is 2. The Morgan fingerprint density at radius 2 is 2.10 bits per heavy atom. The minimum Gasteiger partial charge on any atom is -0.354 e. The van der Waals surface area contributed by atoms with Gasteiger partial charge in [0.2, 0.25) is 0 Å². The number of amides is 1. The molecule has 106 valence electrons. The van der Waals surface area contributed by atoms with Gasteiger partial charge in [-0.2, -0.15) is 5.10 Å². The second-order valence-electron chi connectivity index (χ2n) is 4.44. The summed E-state index contributed by atoms with van der Waals surface area (Å²) in [6.07, 6.45) is 1.79. The molecule has 0 fully saturated rings. The van der Waals surface area contributed by atoms with Gasteiger partial charge in [-0.05, 0) is 37.7 Å². The SMILES string of the molecule is CNC(=O)c1ccn(-c2cc(Br)ccc2C(C)NC)n1. The molecule has 1 heterocycles. The van der Waals surface area contributed by atoms with Crippen LogP contribution in [0, 0.1) is 0 Å². The van der Waals surface area contributed by atoms with Crippen molar-refractivity contribution in [3.05, 3.63) is 46.2 Å². The highest BCUT2D eigenvalue weighted by atomic mass is 79.9. The van der Waals surface area contributed by atoms with Crippen molar-refractivity contribution in [3.63, 3.8) is 0 Å². The Hall–Kier alpha value is -1.66. The van der Waals surface area contributed by atoms with E-state index in [4.69, 9.17) is 0 Å². The first-order chi connectivity index (χ1) is 9.56. The van der Waals surface area contributed by atoms with Gasteiger partial charge in [0.25, 0.3) is 5.91 Å². The third kappa shape index (κ3) is 2.91. The van der Waals surface area contributed by atoms with Crippen LogP contribution in [0.15, 0.2) is 34.9 Å². The number of aromatic nitrogens is 2. The lowest BCUT2D eigenvalue weighted by atomic mass is 10.1. The van der Waals surface area contributed by atoms with Gasteiger partial charge in [-0.25, -0.2) is 4.68 Å². The fourth-order valence-corrected chi connectivity index (χ4v) is 2.29. The van der Waals surface area contributed by atoms with Crippen LogP contribution in [0.1, 0.15) is 29.0 Å². The zero-order valence-electron chi connectivity index (χ0n) is 11.6. The van der Waals surface area contributed by atoms with Crippen molar-refractivity contribution in [1.29, 1.82) is 0 Å². The van der Waals surface area contributed by atoms with Crippen molar-refractivity contribution in [2.45, 2.75) is 13.0 Å². The van der Waals surface area contributed by atoms with Crippen molar-refractivity contribution in [3.8, 4) is 5.69 Å². The monoisotopic (exact) mass is 336 g/mol. The summed E-state index contributed by atoms with van der Waals surface area (Å²) in [4.78, 5) is 11.6. The molecular formula is C14H17BrN4O. The van der Waals surface area contributed by atoms with Crippen molar-refractivity contribution in [2.24, 2.45) is 0 Å². The lowest BCUT2D eigenvalue weighted by molar-refractivity contribution is 0.0957. The predicted octanol–water partition coefficient (Wildman–Crippen LogP) is 2.27. The average Bonchev–Trinajstić information content (AvgIpc) is 2.95. The molecule has 1 unspecified atom stereocenters. The first-order valence-corrected chi connectivity index (χ1v) is 7.11. The molecular weight excluding hydrogens is 320 g/mol. The van der Waals surface area contributed by atoms with Crippen LogP contribution in [0.5, 0.6) is 0 Å². The van der Waals surface area contributed by atoms with Gasteiger partial charge >= 0.3 is 0 Å². The maximum Gasteiger partial charge on any atom is 0.271 e. The number of nitrogens with one attached hydrogen (secondary N) is 2. The molecule has 6 heteroatoms. The van der Waals surface area contributed by atoms with Crippen LogP contribution in [0.2, 0.25) is 0 Å². The summed E-state index contributed by atoms with van der Waals surface area (Å²) < 4.78 is 2.69. The van der Waals surface area contributed by atoms with Gasteiger partial charge < -0.3 is 10.6 Å². The number of hydrogen-bond acceptors (Lipinski definition) is 3. The molecule has 2 N–H and O–H groups in total. The van der Waals surface area contributed by atoms with Gasteiger partial charge in [-0.15, -0.1) is 0 Å². The average molecular weight is 337 g/mol. The van der Waals surface area contributed by atoms with E-state index in [1.54, 1.807) is 24.0 Å². The zero-order valence-corrected chi connectivity index (χ0v) is 13.2. The van der Waals surface area contributed by atoms with Crippen molar-refractivity contribution in [1.82, 2.24) is 20.4 Å². The molecule has 0 bridgehead atoms. The summed E-state index contributed by atoms with van der Waals surface area (Å²) in [6.45, 7) is 2.08. The molecule has 0 spiro atoms. The fraction of sp³-hybridized carbons (Fsp3) is 0.286. The lowest BCUT2D eigenvalue weighted by Gasteiger charge is -2.16. The van der Waals surface area contributed by atoms with Gasteiger partial charge in [0.15, 0.2) is 5.69 Å². The summed E-state index contributed by atoms with van der Waals surface area (Å²) in [5, 5.41) is 10.1. The normalized spacial score (nSPS) is 12.2. The van der Waals surface area contributed by atoms with E-state index in [0.29, 0.717) is 5.69 Å². The van der Waals surface area contributed by atoms with E-state index in [1.807, 2.05) is 25.2 Å². The smallest absolute Gasteiger partial charge is 0.271 e. The quantitative estimate of drug-likeness (QED) is 0.900. The summed E-state index contributed by atoms with van der Waals surface area (Å²) in [7, 11) is 3.50. The minimum absolute atomic E-state index is 0.186. The molecule has 2 rings (SSSR count). The van der Waals surface area contributed by atoms with E-state index in [2.05, 4.69) is 38.6 Å². The second kappa shape index (κ2) is 6.19. The maximum atomic E-state index is 11.6. The third-order valence-electron chi connectivity index (χ3n) is 3.19. The van der Waals surface area contributed by atoms with Gasteiger partial charge in [0, 0.05) is 23.8 Å². The summed E-state index contributed by atoms with van der Waals surface area (Å²) in [6, 6.07) is 7.92. The van der Waals surface area contributed by atoms with Crippen LogP contribution in [0.25, 0.3) is 5.69 Å². The molecule has 0 saturated heterocycles. The van der Waals surface area contributed by atoms with Crippen molar-refractivity contribution < 1.29 is 4.79 Å². The number of benzene rings is 1. The highest BCUT2D eigenvalue weighted by molar-refractivity contribution is 9.10. The molecule has 1 atom stereocenters. The lowest BCUT2D eigenvalue weighted by Crippen LogP contribution is -2.19. The Bertz CT molecular complexity index is 623. The number of carbonyl (C=O) groups excluding carboxylic acids is 1. The Labute approximate surface area is 126 Å². The summed E-state index contributed by atoms with van der Waals surface area (Å²) >= 11 is 3.47. The standard InChI is InChI=1S/C14H17BrN4O/c1-9(16-2)11-5-4-10(15)8-13(11)19-7-6-12(18-19)14(20)17-3/h4-9,16H,1-3H3,(H,17,20). The largest absolute Gasteiger partial charge is 0.354 e. The summed E-state index contributed by atoms with van der Waals surface area (Å²) in [5.41, 5.74) is 2.45. The zero-order chi connectivity index (χ0) is 14.7. The Balaban J connectivity index is 2.48. The van der Waals surface area contributed by atoms with Gasteiger partial charge in [-0.1, -0.05) is 22.0 Å². The van der Waals surface area contributed by atoms with Crippen LogP contribution < -0.4 is 10.6 Å². The van der Waals surface area contributed by atoms with Crippen molar-refractivity contribution >= 4 is 21.8 Å². The minimum atomic E-state index is -0.193. The molecule has 0 aliphatic carbocycles. The first-order valence-electron chi connectivity index (χ1n) is 6.31. The van der Waals surface area contributed by atoms with Crippen LogP contribution in [-0.2, 0) is 0 Å². The topological polar surface area (TPSA) is 59.0 Å². The molecule has 0 saturated carbocycles. The maximum absolute atomic E-state index is 11.6. The first kappa shape index (κ1) is 14.7. The number of carbonyl (C=O) groups is 1. The van der Waals surface area contributed by atoms with Crippen LogP contribution in [0.4, 0.5) is 0 Å². The molecule has 1 aromatic carbocycles. The van der Waals surface area contributed by atoms with Crippen LogP contribution >= 0.6 is 15.9 Å². The summed E-state index contributed by atoms with van der Waals surface area (Å²) in [5.74, 6) is -0.193. The number of hydrogen-bond donors (Lipinski definition) is 2. The van der Waals surface area contributed by atoms with Crippen LogP contribution in [0.3, 0.4) is 0 Å². The van der Waals surface area contributed by atoms with E-state index < -0.39 is 0 Å².